The second-order valence-corrected chi connectivity index (χ2v) is 5.41. The molecule has 4 heteroatoms. The number of ether oxygens (including phenoxy) is 1. The fraction of sp³-hybridized carbons (Fsp3) is 0.455. The zero-order chi connectivity index (χ0) is 10.7. The van der Waals surface area contributed by atoms with Gasteiger partial charge in [-0.1, -0.05) is 15.9 Å². The van der Waals surface area contributed by atoms with Crippen LogP contribution < -0.4 is 5.32 Å². The third kappa shape index (κ3) is 3.20. The van der Waals surface area contributed by atoms with Crippen molar-refractivity contribution in [3.8, 4) is 0 Å². The van der Waals surface area contributed by atoms with Crippen molar-refractivity contribution < 1.29 is 4.74 Å². The van der Waals surface area contributed by atoms with E-state index in [4.69, 9.17) is 4.74 Å². The van der Waals surface area contributed by atoms with Gasteiger partial charge in [-0.15, -0.1) is 0 Å². The summed E-state index contributed by atoms with van der Waals surface area (Å²) in [6.45, 7) is 1.79. The third-order valence-corrected chi connectivity index (χ3v) is 3.66. The van der Waals surface area contributed by atoms with Crippen LogP contribution in [-0.4, -0.2) is 19.3 Å². The lowest BCUT2D eigenvalue weighted by Gasteiger charge is -2.13. The summed E-state index contributed by atoms with van der Waals surface area (Å²) in [6, 6.07) is 6.11. The minimum absolute atomic E-state index is 0.371. The minimum atomic E-state index is 0.371. The van der Waals surface area contributed by atoms with Crippen molar-refractivity contribution in [1.82, 2.24) is 0 Å². The zero-order valence-electron chi connectivity index (χ0n) is 8.30. The number of nitrogens with one attached hydrogen (secondary N) is 1. The van der Waals surface area contributed by atoms with Gasteiger partial charge in [-0.25, -0.2) is 0 Å². The molecule has 1 aromatic rings. The van der Waals surface area contributed by atoms with E-state index in [-0.39, 0.29) is 0 Å². The summed E-state index contributed by atoms with van der Waals surface area (Å²) < 4.78 is 7.73. The highest BCUT2D eigenvalue weighted by molar-refractivity contribution is 9.11. The van der Waals surface area contributed by atoms with E-state index in [1.54, 1.807) is 0 Å². The van der Waals surface area contributed by atoms with Crippen LogP contribution in [0, 0.1) is 0 Å². The molecule has 1 aliphatic heterocycles. The van der Waals surface area contributed by atoms with Gasteiger partial charge in [0.1, 0.15) is 0 Å². The van der Waals surface area contributed by atoms with Crippen molar-refractivity contribution in [1.29, 1.82) is 0 Å². The molecule has 2 rings (SSSR count). The quantitative estimate of drug-likeness (QED) is 0.907. The van der Waals surface area contributed by atoms with E-state index >= 15 is 0 Å². The topological polar surface area (TPSA) is 21.3 Å². The molecule has 15 heavy (non-hydrogen) atoms. The van der Waals surface area contributed by atoms with E-state index < -0.39 is 0 Å². The molecule has 1 saturated heterocycles. The van der Waals surface area contributed by atoms with Crippen molar-refractivity contribution in [2.75, 3.05) is 18.5 Å². The molecule has 0 aromatic heterocycles. The van der Waals surface area contributed by atoms with Gasteiger partial charge in [0.05, 0.1) is 6.10 Å². The molecule has 1 fully saturated rings. The molecule has 1 atom stereocenters. The molecule has 82 valence electrons. The first-order chi connectivity index (χ1) is 7.25. The first-order valence-electron chi connectivity index (χ1n) is 5.06. The molecule has 1 N–H and O–H groups in total. The second-order valence-electron chi connectivity index (χ2n) is 3.64. The molecule has 0 radical (unpaired) electrons. The Morgan fingerprint density at radius 2 is 2.27 bits per heavy atom. The maximum Gasteiger partial charge on any atom is 0.0748 e. The number of hydrogen-bond acceptors (Lipinski definition) is 2. The summed E-state index contributed by atoms with van der Waals surface area (Å²) in [7, 11) is 0. The Kier molecular flexibility index (Phi) is 4.05. The first-order valence-corrected chi connectivity index (χ1v) is 6.65. The third-order valence-electron chi connectivity index (χ3n) is 2.47. The molecule has 1 heterocycles. The highest BCUT2D eigenvalue weighted by Crippen LogP contribution is 2.26. The van der Waals surface area contributed by atoms with Gasteiger partial charge in [0.15, 0.2) is 0 Å². The molecule has 1 unspecified atom stereocenters. The lowest BCUT2D eigenvalue weighted by molar-refractivity contribution is 0.120. The van der Waals surface area contributed by atoms with Crippen LogP contribution in [0.1, 0.15) is 12.8 Å². The summed E-state index contributed by atoms with van der Waals surface area (Å²) in [4.78, 5) is 0. The molecular formula is C11H13Br2NO. The van der Waals surface area contributed by atoms with E-state index in [1.807, 2.05) is 12.1 Å². The van der Waals surface area contributed by atoms with Crippen LogP contribution in [0.4, 0.5) is 5.69 Å². The summed E-state index contributed by atoms with van der Waals surface area (Å²) >= 11 is 6.97. The van der Waals surface area contributed by atoms with Crippen LogP contribution in [0.25, 0.3) is 0 Å². The maximum absolute atomic E-state index is 5.56. The smallest absolute Gasteiger partial charge is 0.0748 e. The van der Waals surface area contributed by atoms with Crippen molar-refractivity contribution in [3.05, 3.63) is 27.1 Å². The lowest BCUT2D eigenvalue weighted by atomic mass is 10.2. The Morgan fingerprint density at radius 3 is 3.00 bits per heavy atom. The predicted octanol–water partition coefficient (Wildman–Crippen LogP) is 3.80. The number of hydrogen-bond donors (Lipinski definition) is 1. The SMILES string of the molecule is Brc1ccc(Br)c(NCC2CCCO2)c1. The van der Waals surface area contributed by atoms with E-state index in [9.17, 15) is 0 Å². The Labute approximate surface area is 107 Å². The highest BCUT2D eigenvalue weighted by Gasteiger charge is 2.15. The van der Waals surface area contributed by atoms with Gasteiger partial charge < -0.3 is 10.1 Å². The number of anilines is 1. The Morgan fingerprint density at radius 1 is 1.40 bits per heavy atom. The van der Waals surface area contributed by atoms with Gasteiger partial charge in [-0.2, -0.15) is 0 Å². The van der Waals surface area contributed by atoms with Crippen LogP contribution in [0.2, 0.25) is 0 Å². The van der Waals surface area contributed by atoms with Gasteiger partial charge in [0.2, 0.25) is 0 Å². The van der Waals surface area contributed by atoms with Gasteiger partial charge in [-0.05, 0) is 47.0 Å². The molecule has 1 aromatic carbocycles. The van der Waals surface area contributed by atoms with Crippen molar-refractivity contribution in [3.63, 3.8) is 0 Å². The number of halogens is 2. The number of rotatable bonds is 3. The summed E-state index contributed by atoms with van der Waals surface area (Å²) in [5, 5.41) is 3.39. The van der Waals surface area contributed by atoms with E-state index in [1.165, 1.54) is 12.8 Å². The summed E-state index contributed by atoms with van der Waals surface area (Å²) in [5.41, 5.74) is 1.11. The molecule has 0 spiro atoms. The standard InChI is InChI=1S/C11H13Br2NO/c12-8-3-4-10(13)11(6-8)14-7-9-2-1-5-15-9/h3-4,6,9,14H,1-2,5,7H2. The first kappa shape index (κ1) is 11.4. The Hall–Kier alpha value is -0.0600. The average Bonchev–Trinajstić information content (AvgIpc) is 2.72. The summed E-state index contributed by atoms with van der Waals surface area (Å²) in [5.74, 6) is 0. The molecular weight excluding hydrogens is 322 g/mol. The monoisotopic (exact) mass is 333 g/mol. The van der Waals surface area contributed by atoms with Crippen LogP contribution in [0.3, 0.4) is 0 Å². The molecule has 0 aliphatic carbocycles. The average molecular weight is 335 g/mol. The maximum atomic E-state index is 5.56. The zero-order valence-corrected chi connectivity index (χ0v) is 11.5. The van der Waals surface area contributed by atoms with Crippen molar-refractivity contribution in [2.45, 2.75) is 18.9 Å². The Balaban J connectivity index is 1.94. The van der Waals surface area contributed by atoms with Gasteiger partial charge in [0.25, 0.3) is 0 Å². The van der Waals surface area contributed by atoms with Crippen LogP contribution in [0.5, 0.6) is 0 Å². The van der Waals surface area contributed by atoms with E-state index in [2.05, 4.69) is 43.2 Å². The molecule has 0 bridgehead atoms. The second kappa shape index (κ2) is 5.32. The molecule has 1 aliphatic rings. The van der Waals surface area contributed by atoms with Gasteiger partial charge in [0, 0.05) is 27.8 Å². The molecule has 2 nitrogen and oxygen atoms in total. The Bertz CT molecular complexity index is 337. The largest absolute Gasteiger partial charge is 0.381 e. The molecule has 0 amide bonds. The van der Waals surface area contributed by atoms with Crippen LogP contribution in [0.15, 0.2) is 27.1 Å². The predicted molar refractivity (Wildman–Crippen MR) is 69.3 cm³/mol. The normalized spacial score (nSPS) is 20.5. The van der Waals surface area contributed by atoms with Crippen molar-refractivity contribution in [2.24, 2.45) is 0 Å². The van der Waals surface area contributed by atoms with Crippen LogP contribution in [-0.2, 0) is 4.74 Å². The fourth-order valence-electron chi connectivity index (χ4n) is 1.66. The number of benzene rings is 1. The van der Waals surface area contributed by atoms with E-state index in [0.717, 1.165) is 27.8 Å². The van der Waals surface area contributed by atoms with Crippen LogP contribution >= 0.6 is 31.9 Å². The fourth-order valence-corrected chi connectivity index (χ4v) is 2.41. The van der Waals surface area contributed by atoms with Crippen molar-refractivity contribution >= 4 is 37.5 Å². The molecule has 0 saturated carbocycles. The van der Waals surface area contributed by atoms with Gasteiger partial charge >= 0.3 is 0 Å². The lowest BCUT2D eigenvalue weighted by Crippen LogP contribution is -2.18. The van der Waals surface area contributed by atoms with Gasteiger partial charge in [-0.3, -0.25) is 0 Å². The summed E-state index contributed by atoms with van der Waals surface area (Å²) in [6.07, 6.45) is 2.72. The highest BCUT2D eigenvalue weighted by atomic mass is 79.9. The van der Waals surface area contributed by atoms with E-state index in [0.29, 0.717) is 6.10 Å². The minimum Gasteiger partial charge on any atom is -0.381 e.